The van der Waals surface area contributed by atoms with E-state index in [4.69, 9.17) is 11.6 Å². The van der Waals surface area contributed by atoms with Crippen LogP contribution in [-0.4, -0.2) is 21.4 Å². The van der Waals surface area contributed by atoms with E-state index in [-0.39, 0.29) is 16.8 Å². The maximum atomic E-state index is 11.0. The fourth-order valence-corrected chi connectivity index (χ4v) is 2.48. The summed E-state index contributed by atoms with van der Waals surface area (Å²) in [6.45, 7) is 3.06. The molecule has 0 unspecified atom stereocenters. The van der Waals surface area contributed by atoms with E-state index in [1.165, 1.54) is 0 Å². The lowest BCUT2D eigenvalue weighted by Crippen LogP contribution is -2.23. The first-order valence-corrected chi connectivity index (χ1v) is 6.81. The number of thiophene rings is 1. The highest BCUT2D eigenvalue weighted by Gasteiger charge is 2.22. The summed E-state index contributed by atoms with van der Waals surface area (Å²) in [6.07, 6.45) is 1.14. The molecule has 2 rings (SSSR count). The van der Waals surface area contributed by atoms with E-state index in [1.54, 1.807) is 16.2 Å². The van der Waals surface area contributed by atoms with E-state index in [0.29, 0.717) is 13.1 Å². The predicted molar refractivity (Wildman–Crippen MR) is 74.7 cm³/mol. The number of rotatable bonds is 5. The van der Waals surface area contributed by atoms with Crippen molar-refractivity contribution in [1.82, 2.24) is 9.97 Å². The summed E-state index contributed by atoms with van der Waals surface area (Å²) in [6, 6.07) is 3.91. The number of hydrogen-bond acceptors (Lipinski definition) is 6. The van der Waals surface area contributed by atoms with Crippen molar-refractivity contribution >= 4 is 34.4 Å². The first-order chi connectivity index (χ1) is 9.11. The van der Waals surface area contributed by atoms with Crippen molar-refractivity contribution in [2.75, 3.05) is 11.4 Å². The first kappa shape index (κ1) is 13.7. The van der Waals surface area contributed by atoms with Crippen LogP contribution in [0.5, 0.6) is 0 Å². The quantitative estimate of drug-likeness (QED) is 0.482. The van der Waals surface area contributed by atoms with Crippen molar-refractivity contribution in [3.05, 3.63) is 44.0 Å². The molecule has 0 saturated carbocycles. The second kappa shape index (κ2) is 5.94. The minimum Gasteiger partial charge on any atom is -0.346 e. The van der Waals surface area contributed by atoms with Gasteiger partial charge in [-0.1, -0.05) is 6.07 Å². The molecule has 6 nitrogen and oxygen atoms in total. The largest absolute Gasteiger partial charge is 0.346 e. The molecule has 0 spiro atoms. The van der Waals surface area contributed by atoms with Crippen molar-refractivity contribution in [2.24, 2.45) is 0 Å². The summed E-state index contributed by atoms with van der Waals surface area (Å²) < 4.78 is 0. The highest BCUT2D eigenvalue weighted by molar-refractivity contribution is 7.09. The number of anilines is 1. The van der Waals surface area contributed by atoms with Crippen molar-refractivity contribution < 1.29 is 4.92 Å². The van der Waals surface area contributed by atoms with Gasteiger partial charge in [0.15, 0.2) is 0 Å². The summed E-state index contributed by atoms with van der Waals surface area (Å²) in [4.78, 5) is 21.1. The van der Waals surface area contributed by atoms with Gasteiger partial charge >= 0.3 is 5.69 Å². The summed E-state index contributed by atoms with van der Waals surface area (Å²) >= 11 is 7.33. The van der Waals surface area contributed by atoms with E-state index in [1.807, 2.05) is 24.4 Å². The Kier molecular flexibility index (Phi) is 4.28. The molecule has 0 aliphatic carbocycles. The molecular formula is C11H11ClN4O2S. The third-order valence-corrected chi connectivity index (χ3v) is 3.57. The Morgan fingerprint density at radius 1 is 1.58 bits per heavy atom. The zero-order chi connectivity index (χ0) is 13.8. The summed E-state index contributed by atoms with van der Waals surface area (Å²) in [5.41, 5.74) is -0.136. The molecule has 0 fully saturated rings. The molecule has 0 aromatic carbocycles. The van der Waals surface area contributed by atoms with Crippen molar-refractivity contribution in [1.29, 1.82) is 0 Å². The molecule has 100 valence electrons. The van der Waals surface area contributed by atoms with Crippen LogP contribution >= 0.6 is 22.9 Å². The normalized spacial score (nSPS) is 10.4. The number of nitrogens with zero attached hydrogens (tertiary/aromatic N) is 4. The predicted octanol–water partition coefficient (Wildman–Crippen LogP) is 3.13. The molecule has 0 bridgehead atoms. The third-order valence-electron chi connectivity index (χ3n) is 2.53. The van der Waals surface area contributed by atoms with Crippen molar-refractivity contribution in [3.8, 4) is 0 Å². The van der Waals surface area contributed by atoms with Gasteiger partial charge in [-0.2, -0.15) is 4.98 Å². The van der Waals surface area contributed by atoms with Gasteiger partial charge in [-0.05, 0) is 30.0 Å². The van der Waals surface area contributed by atoms with Crippen LogP contribution in [0.15, 0.2) is 23.7 Å². The fraction of sp³-hybridized carbons (Fsp3) is 0.273. The first-order valence-electron chi connectivity index (χ1n) is 5.56. The van der Waals surface area contributed by atoms with Gasteiger partial charge in [-0.3, -0.25) is 10.1 Å². The van der Waals surface area contributed by atoms with Gasteiger partial charge in [0.25, 0.3) is 0 Å². The zero-order valence-electron chi connectivity index (χ0n) is 10.1. The van der Waals surface area contributed by atoms with E-state index in [9.17, 15) is 10.1 Å². The topological polar surface area (TPSA) is 72.2 Å². The van der Waals surface area contributed by atoms with Crippen LogP contribution < -0.4 is 4.90 Å². The Balaban J connectivity index is 2.36. The molecule has 0 saturated heterocycles. The Morgan fingerprint density at radius 2 is 2.37 bits per heavy atom. The van der Waals surface area contributed by atoms with Crippen LogP contribution in [0.2, 0.25) is 5.28 Å². The van der Waals surface area contributed by atoms with Crippen molar-refractivity contribution in [2.45, 2.75) is 13.5 Å². The fourth-order valence-electron chi connectivity index (χ4n) is 1.63. The zero-order valence-corrected chi connectivity index (χ0v) is 11.7. The molecule has 0 amide bonds. The van der Waals surface area contributed by atoms with Crippen molar-refractivity contribution in [3.63, 3.8) is 0 Å². The molecule has 2 aromatic heterocycles. The number of hydrogen-bond donors (Lipinski definition) is 0. The van der Waals surface area contributed by atoms with Crippen LogP contribution in [-0.2, 0) is 6.54 Å². The smallest absolute Gasteiger partial charge is 0.329 e. The minimum absolute atomic E-state index is 0.00484. The van der Waals surface area contributed by atoms with Gasteiger partial charge in [0, 0.05) is 11.4 Å². The standard InChI is InChI=1S/C11H11ClN4O2S/c1-2-15(7-8-4-3-5-19-8)10-9(16(17)18)6-13-11(12)14-10/h3-6H,2,7H2,1H3. The van der Waals surface area contributed by atoms with Crippen LogP contribution in [0.1, 0.15) is 11.8 Å². The Bertz CT molecular complexity index is 576. The van der Waals surface area contributed by atoms with E-state index in [0.717, 1.165) is 11.1 Å². The highest BCUT2D eigenvalue weighted by Crippen LogP contribution is 2.27. The Morgan fingerprint density at radius 3 is 2.95 bits per heavy atom. The van der Waals surface area contributed by atoms with Crippen LogP contribution in [0.25, 0.3) is 0 Å². The lowest BCUT2D eigenvalue weighted by atomic mass is 10.3. The van der Waals surface area contributed by atoms with Gasteiger partial charge in [0.1, 0.15) is 6.20 Å². The highest BCUT2D eigenvalue weighted by atomic mass is 35.5. The summed E-state index contributed by atoms with van der Waals surface area (Å²) in [5.74, 6) is 0.251. The molecule has 0 radical (unpaired) electrons. The average Bonchev–Trinajstić information content (AvgIpc) is 2.88. The SMILES string of the molecule is CCN(Cc1cccs1)c1nc(Cl)ncc1[N+](=O)[O-]. The number of halogens is 1. The van der Waals surface area contributed by atoms with Crippen LogP contribution in [0, 0.1) is 10.1 Å². The van der Waals surface area contributed by atoms with Gasteiger partial charge in [0.2, 0.25) is 11.1 Å². The monoisotopic (exact) mass is 298 g/mol. The molecule has 8 heteroatoms. The minimum atomic E-state index is -0.497. The lowest BCUT2D eigenvalue weighted by Gasteiger charge is -2.20. The number of nitro groups is 1. The molecule has 0 aliphatic rings. The molecule has 0 aliphatic heterocycles. The Labute approximate surface area is 118 Å². The number of aromatic nitrogens is 2. The molecular weight excluding hydrogens is 288 g/mol. The maximum absolute atomic E-state index is 11.0. The lowest BCUT2D eigenvalue weighted by molar-refractivity contribution is -0.384. The molecule has 19 heavy (non-hydrogen) atoms. The average molecular weight is 299 g/mol. The maximum Gasteiger partial charge on any atom is 0.329 e. The van der Waals surface area contributed by atoms with Crippen LogP contribution in [0.4, 0.5) is 11.5 Å². The van der Waals surface area contributed by atoms with Gasteiger partial charge in [-0.15, -0.1) is 11.3 Å². The third kappa shape index (κ3) is 3.18. The van der Waals surface area contributed by atoms with E-state index < -0.39 is 4.92 Å². The Hall–Kier alpha value is -1.73. The summed E-state index contributed by atoms with van der Waals surface area (Å²) in [7, 11) is 0. The van der Waals surface area contributed by atoms with E-state index >= 15 is 0 Å². The molecule has 2 aromatic rings. The second-order valence-electron chi connectivity index (χ2n) is 3.70. The summed E-state index contributed by atoms with van der Waals surface area (Å²) in [5, 5.41) is 13.0. The van der Waals surface area contributed by atoms with Gasteiger partial charge in [0.05, 0.1) is 11.5 Å². The van der Waals surface area contributed by atoms with Crippen LogP contribution in [0.3, 0.4) is 0 Å². The van der Waals surface area contributed by atoms with E-state index in [2.05, 4.69) is 9.97 Å². The van der Waals surface area contributed by atoms with Gasteiger partial charge < -0.3 is 4.90 Å². The second-order valence-corrected chi connectivity index (χ2v) is 5.07. The molecule has 0 N–H and O–H groups in total. The molecule has 2 heterocycles. The van der Waals surface area contributed by atoms with Gasteiger partial charge in [-0.25, -0.2) is 4.98 Å². The molecule has 0 atom stereocenters.